The van der Waals surface area contributed by atoms with Gasteiger partial charge in [-0.05, 0) is 48.0 Å². The highest BCUT2D eigenvalue weighted by molar-refractivity contribution is 5.93. The maximum atomic E-state index is 13.7. The molecule has 29 heavy (non-hydrogen) atoms. The van der Waals surface area contributed by atoms with Gasteiger partial charge >= 0.3 is 5.97 Å². The van der Waals surface area contributed by atoms with Gasteiger partial charge in [-0.2, -0.15) is 5.10 Å². The Bertz CT molecular complexity index is 1050. The van der Waals surface area contributed by atoms with Crippen molar-refractivity contribution in [1.29, 1.82) is 0 Å². The van der Waals surface area contributed by atoms with Crippen LogP contribution in [-0.4, -0.2) is 30.2 Å². The van der Waals surface area contributed by atoms with Crippen molar-refractivity contribution in [2.24, 2.45) is 5.10 Å². The third-order valence-corrected chi connectivity index (χ3v) is 3.76. The Balaban J connectivity index is 1.69. The fraction of sp³-hybridized carbons (Fsp3) is 0.0476. The number of halogens is 1. The first-order chi connectivity index (χ1) is 14.1. The van der Waals surface area contributed by atoms with Crippen LogP contribution in [-0.2, 0) is 0 Å². The van der Waals surface area contributed by atoms with E-state index in [1.807, 2.05) is 0 Å². The van der Waals surface area contributed by atoms with Crippen molar-refractivity contribution in [3.8, 4) is 11.5 Å². The number of pyridine rings is 1. The van der Waals surface area contributed by atoms with Gasteiger partial charge in [0.2, 0.25) is 0 Å². The van der Waals surface area contributed by atoms with E-state index < -0.39 is 17.7 Å². The lowest BCUT2D eigenvalue weighted by Crippen LogP contribution is -2.18. The van der Waals surface area contributed by atoms with Crippen LogP contribution >= 0.6 is 0 Å². The standard InChI is InChI=1S/C21H16FN3O4/c1-28-19-12-14(13-24-25-20(26)17-8-4-5-11-23-17)9-10-18(19)29-21(27)15-6-2-3-7-16(15)22/h2-13H,1H3,(H,25,26)/b24-13-. The number of aromatic nitrogens is 1. The smallest absolute Gasteiger partial charge is 0.346 e. The van der Waals surface area contributed by atoms with Crippen LogP contribution in [0.25, 0.3) is 0 Å². The third kappa shape index (κ3) is 5.01. The summed E-state index contributed by atoms with van der Waals surface area (Å²) in [6.07, 6.45) is 2.90. The van der Waals surface area contributed by atoms with E-state index in [1.54, 1.807) is 30.3 Å². The molecule has 0 aliphatic carbocycles. The van der Waals surface area contributed by atoms with Gasteiger partial charge in [0.15, 0.2) is 11.5 Å². The molecule has 146 valence electrons. The minimum absolute atomic E-state index is 0.121. The molecule has 1 heterocycles. The number of carbonyl (C=O) groups excluding carboxylic acids is 2. The van der Waals surface area contributed by atoms with E-state index in [9.17, 15) is 14.0 Å². The van der Waals surface area contributed by atoms with Gasteiger partial charge in [0.05, 0.1) is 18.9 Å². The summed E-state index contributed by atoms with van der Waals surface area (Å²) in [7, 11) is 1.40. The Labute approximate surface area is 165 Å². The molecule has 0 aliphatic heterocycles. The second kappa shape index (κ2) is 9.23. The Hall–Kier alpha value is -4.07. The van der Waals surface area contributed by atoms with E-state index in [-0.39, 0.29) is 22.8 Å². The number of hydrazone groups is 1. The van der Waals surface area contributed by atoms with E-state index in [4.69, 9.17) is 9.47 Å². The lowest BCUT2D eigenvalue weighted by atomic mass is 10.2. The number of nitrogens with zero attached hydrogens (tertiary/aromatic N) is 2. The van der Waals surface area contributed by atoms with Crippen molar-refractivity contribution < 1.29 is 23.5 Å². The molecule has 0 spiro atoms. The molecule has 1 amide bonds. The Morgan fingerprint density at radius 1 is 1.07 bits per heavy atom. The highest BCUT2D eigenvalue weighted by atomic mass is 19.1. The summed E-state index contributed by atoms with van der Waals surface area (Å²) in [5, 5.41) is 3.87. The number of amides is 1. The highest BCUT2D eigenvalue weighted by Gasteiger charge is 2.16. The maximum Gasteiger partial charge on any atom is 0.346 e. The van der Waals surface area contributed by atoms with Gasteiger partial charge < -0.3 is 9.47 Å². The molecule has 0 saturated carbocycles. The second-order valence-corrected chi connectivity index (χ2v) is 5.69. The Kier molecular flexibility index (Phi) is 6.26. The van der Waals surface area contributed by atoms with E-state index in [0.29, 0.717) is 5.56 Å². The van der Waals surface area contributed by atoms with Crippen molar-refractivity contribution in [1.82, 2.24) is 10.4 Å². The molecule has 0 saturated heterocycles. The molecule has 2 aromatic carbocycles. The summed E-state index contributed by atoms with van der Waals surface area (Å²) in [4.78, 5) is 28.0. The lowest BCUT2D eigenvalue weighted by molar-refractivity contribution is 0.0724. The van der Waals surface area contributed by atoms with Crippen molar-refractivity contribution in [3.05, 3.63) is 89.5 Å². The molecule has 1 aromatic heterocycles. The molecule has 0 bridgehead atoms. The van der Waals surface area contributed by atoms with Crippen LogP contribution in [0.2, 0.25) is 0 Å². The van der Waals surface area contributed by atoms with E-state index in [2.05, 4.69) is 15.5 Å². The van der Waals surface area contributed by atoms with Crippen LogP contribution in [0.5, 0.6) is 11.5 Å². The van der Waals surface area contributed by atoms with Crippen LogP contribution in [0, 0.1) is 5.82 Å². The molecule has 1 N–H and O–H groups in total. The first kappa shape index (κ1) is 19.7. The van der Waals surface area contributed by atoms with Crippen LogP contribution in [0.3, 0.4) is 0 Å². The molecule has 3 rings (SSSR count). The molecule has 0 unspecified atom stereocenters. The number of ether oxygens (including phenoxy) is 2. The zero-order valence-corrected chi connectivity index (χ0v) is 15.3. The molecule has 0 fully saturated rings. The summed E-state index contributed by atoms with van der Waals surface area (Å²) >= 11 is 0. The summed E-state index contributed by atoms with van der Waals surface area (Å²) in [5.74, 6) is -1.61. The zero-order chi connectivity index (χ0) is 20.6. The molecule has 0 radical (unpaired) electrons. The van der Waals surface area contributed by atoms with Crippen LogP contribution < -0.4 is 14.9 Å². The van der Waals surface area contributed by atoms with Gasteiger partial charge in [-0.1, -0.05) is 18.2 Å². The van der Waals surface area contributed by atoms with Gasteiger partial charge in [-0.3, -0.25) is 9.78 Å². The predicted molar refractivity (Wildman–Crippen MR) is 104 cm³/mol. The summed E-state index contributed by atoms with van der Waals surface area (Å²) in [6.45, 7) is 0. The van der Waals surface area contributed by atoms with E-state index >= 15 is 0 Å². The van der Waals surface area contributed by atoms with Gasteiger partial charge in [0.1, 0.15) is 11.5 Å². The summed E-state index contributed by atoms with van der Waals surface area (Å²) in [5.41, 5.74) is 2.99. The van der Waals surface area contributed by atoms with Crippen LogP contribution in [0.1, 0.15) is 26.4 Å². The summed E-state index contributed by atoms with van der Waals surface area (Å²) in [6, 6.07) is 15.1. The molecular formula is C21H16FN3O4. The first-order valence-corrected chi connectivity index (χ1v) is 8.47. The molecule has 3 aromatic rings. The van der Waals surface area contributed by atoms with Crippen molar-refractivity contribution in [3.63, 3.8) is 0 Å². The maximum absolute atomic E-state index is 13.7. The topological polar surface area (TPSA) is 89.9 Å². The minimum Gasteiger partial charge on any atom is -0.493 e. The van der Waals surface area contributed by atoms with Gasteiger partial charge in [0, 0.05) is 6.20 Å². The average Bonchev–Trinajstić information content (AvgIpc) is 2.75. The third-order valence-electron chi connectivity index (χ3n) is 3.76. The lowest BCUT2D eigenvalue weighted by Gasteiger charge is -2.10. The highest BCUT2D eigenvalue weighted by Crippen LogP contribution is 2.28. The fourth-order valence-corrected chi connectivity index (χ4v) is 2.35. The van der Waals surface area contributed by atoms with E-state index in [0.717, 1.165) is 0 Å². The minimum atomic E-state index is -0.842. The number of rotatable bonds is 6. The normalized spacial score (nSPS) is 10.6. The number of hydrogen-bond acceptors (Lipinski definition) is 6. The number of nitrogens with one attached hydrogen (secondary N) is 1. The predicted octanol–water partition coefficient (Wildman–Crippen LogP) is 3.21. The molecule has 0 aliphatic rings. The molecular weight excluding hydrogens is 377 g/mol. The van der Waals surface area contributed by atoms with E-state index in [1.165, 1.54) is 49.9 Å². The quantitative estimate of drug-likeness (QED) is 0.301. The second-order valence-electron chi connectivity index (χ2n) is 5.69. The van der Waals surface area contributed by atoms with Crippen molar-refractivity contribution in [2.45, 2.75) is 0 Å². The number of carbonyl (C=O) groups is 2. The van der Waals surface area contributed by atoms with Crippen LogP contribution in [0.4, 0.5) is 4.39 Å². The van der Waals surface area contributed by atoms with Crippen molar-refractivity contribution >= 4 is 18.1 Å². The monoisotopic (exact) mass is 393 g/mol. The van der Waals surface area contributed by atoms with Crippen LogP contribution in [0.15, 0.2) is 72.0 Å². The molecule has 8 heteroatoms. The number of esters is 1. The molecule has 0 atom stereocenters. The zero-order valence-electron chi connectivity index (χ0n) is 15.3. The number of hydrogen-bond donors (Lipinski definition) is 1. The summed E-state index contributed by atoms with van der Waals surface area (Å²) < 4.78 is 24.2. The Morgan fingerprint density at radius 2 is 1.86 bits per heavy atom. The Morgan fingerprint density at radius 3 is 2.59 bits per heavy atom. The largest absolute Gasteiger partial charge is 0.493 e. The van der Waals surface area contributed by atoms with Gasteiger partial charge in [-0.25, -0.2) is 14.6 Å². The van der Waals surface area contributed by atoms with Gasteiger partial charge in [-0.15, -0.1) is 0 Å². The SMILES string of the molecule is COc1cc(/C=N\NC(=O)c2ccccn2)ccc1OC(=O)c1ccccc1F. The first-order valence-electron chi connectivity index (χ1n) is 8.47. The van der Waals surface area contributed by atoms with Crippen molar-refractivity contribution in [2.75, 3.05) is 7.11 Å². The average molecular weight is 393 g/mol. The van der Waals surface area contributed by atoms with Gasteiger partial charge in [0.25, 0.3) is 5.91 Å². The number of benzene rings is 2. The molecule has 7 nitrogen and oxygen atoms in total. The fourth-order valence-electron chi connectivity index (χ4n) is 2.35. The number of methoxy groups -OCH3 is 1.